The van der Waals surface area contributed by atoms with Crippen LogP contribution in [0.15, 0.2) is 73.4 Å². The zero-order chi connectivity index (χ0) is 23.8. The van der Waals surface area contributed by atoms with Crippen LogP contribution in [0.4, 0.5) is 0 Å². The Labute approximate surface area is 202 Å². The van der Waals surface area contributed by atoms with Gasteiger partial charge >= 0.3 is 8.80 Å². The molecule has 33 heavy (non-hydrogen) atoms. The van der Waals surface area contributed by atoms with E-state index in [1.807, 2.05) is 12.3 Å². The third-order valence-corrected chi connectivity index (χ3v) is 9.05. The van der Waals surface area contributed by atoms with Crippen molar-refractivity contribution < 1.29 is 13.3 Å². The normalized spacial score (nSPS) is 12.5. The molecule has 0 heterocycles. The minimum absolute atomic E-state index is 0.384. The highest BCUT2D eigenvalue weighted by molar-refractivity contribution is 6.60. The fourth-order valence-electron chi connectivity index (χ4n) is 4.21. The number of nitrogens with zero attached hydrogens (tertiary/aromatic N) is 1. The molecule has 0 radical (unpaired) electrons. The standard InChI is InChI=1S/C28H43NO3Si/c1-5-7-8-15-20-28(29(6-2)25-27-18-13-10-14-19-27)22-24-33(30-3,31-4)32-23-21-26-16-11-9-12-17-26/h6,9-14,16-19,28H,2,5,7-8,15,20-25H2,1,3-4H3. The van der Waals surface area contributed by atoms with Crippen molar-refractivity contribution in [3.63, 3.8) is 0 Å². The molecule has 0 aliphatic rings. The number of hydrogen-bond acceptors (Lipinski definition) is 4. The summed E-state index contributed by atoms with van der Waals surface area (Å²) in [6.07, 6.45) is 9.99. The molecule has 0 fully saturated rings. The van der Waals surface area contributed by atoms with Gasteiger partial charge in [0, 0.05) is 39.5 Å². The first kappa shape index (κ1) is 27.3. The van der Waals surface area contributed by atoms with Gasteiger partial charge in [0.2, 0.25) is 0 Å². The molecule has 5 heteroatoms. The van der Waals surface area contributed by atoms with Crippen molar-refractivity contribution >= 4 is 8.80 Å². The summed E-state index contributed by atoms with van der Waals surface area (Å²) >= 11 is 0. The van der Waals surface area contributed by atoms with Crippen molar-refractivity contribution in [1.29, 1.82) is 0 Å². The van der Waals surface area contributed by atoms with Crippen LogP contribution in [0.25, 0.3) is 0 Å². The molecule has 2 aromatic rings. The molecule has 0 aromatic heterocycles. The smallest absolute Gasteiger partial charge is 0.377 e. The maximum absolute atomic E-state index is 6.31. The van der Waals surface area contributed by atoms with E-state index in [0.29, 0.717) is 12.6 Å². The number of unbranched alkanes of at least 4 members (excludes halogenated alkanes) is 3. The lowest BCUT2D eigenvalue weighted by atomic mass is 10.0. The van der Waals surface area contributed by atoms with Crippen LogP contribution < -0.4 is 0 Å². The van der Waals surface area contributed by atoms with Gasteiger partial charge in [-0.2, -0.15) is 0 Å². The molecule has 0 saturated heterocycles. The van der Waals surface area contributed by atoms with Gasteiger partial charge in [-0.1, -0.05) is 99.8 Å². The summed E-state index contributed by atoms with van der Waals surface area (Å²) in [5.41, 5.74) is 2.57. The van der Waals surface area contributed by atoms with Gasteiger partial charge in [0.05, 0.1) is 0 Å². The van der Waals surface area contributed by atoms with Crippen molar-refractivity contribution in [2.24, 2.45) is 0 Å². The first-order chi connectivity index (χ1) is 16.2. The molecular formula is C28H43NO3Si. The second-order valence-corrected chi connectivity index (χ2v) is 11.5. The van der Waals surface area contributed by atoms with E-state index < -0.39 is 8.80 Å². The third kappa shape index (κ3) is 9.84. The third-order valence-electron chi connectivity index (χ3n) is 6.26. The summed E-state index contributed by atoms with van der Waals surface area (Å²) in [7, 11) is 0.726. The first-order valence-electron chi connectivity index (χ1n) is 12.4. The average molecular weight is 470 g/mol. The highest BCUT2D eigenvalue weighted by Crippen LogP contribution is 2.25. The lowest BCUT2D eigenvalue weighted by Crippen LogP contribution is -2.45. The van der Waals surface area contributed by atoms with Crippen LogP contribution in [0.5, 0.6) is 0 Å². The maximum atomic E-state index is 6.31. The van der Waals surface area contributed by atoms with E-state index in [0.717, 1.165) is 31.9 Å². The van der Waals surface area contributed by atoms with Crippen LogP contribution in [0.2, 0.25) is 6.04 Å². The molecule has 0 bridgehead atoms. The van der Waals surface area contributed by atoms with E-state index in [1.54, 1.807) is 14.2 Å². The highest BCUT2D eigenvalue weighted by Gasteiger charge is 2.39. The topological polar surface area (TPSA) is 30.9 Å². The van der Waals surface area contributed by atoms with E-state index in [4.69, 9.17) is 13.3 Å². The van der Waals surface area contributed by atoms with Crippen molar-refractivity contribution in [2.75, 3.05) is 20.8 Å². The van der Waals surface area contributed by atoms with Crippen molar-refractivity contribution in [3.05, 3.63) is 84.6 Å². The largest absolute Gasteiger partial charge is 0.500 e. The molecule has 2 aromatic carbocycles. The first-order valence-corrected chi connectivity index (χ1v) is 14.3. The summed E-state index contributed by atoms with van der Waals surface area (Å²) in [6, 6.07) is 22.2. The van der Waals surface area contributed by atoms with Gasteiger partial charge in [-0.05, 0) is 36.6 Å². The summed E-state index contributed by atoms with van der Waals surface area (Å²) < 4.78 is 18.1. The molecule has 182 valence electrons. The Morgan fingerprint density at radius 2 is 1.52 bits per heavy atom. The molecule has 0 aliphatic carbocycles. The van der Waals surface area contributed by atoms with Gasteiger partial charge in [-0.25, -0.2) is 0 Å². The van der Waals surface area contributed by atoms with Crippen LogP contribution in [0.1, 0.15) is 56.6 Å². The van der Waals surface area contributed by atoms with Crippen LogP contribution in [-0.4, -0.2) is 40.6 Å². The van der Waals surface area contributed by atoms with Gasteiger partial charge in [-0.3, -0.25) is 0 Å². The van der Waals surface area contributed by atoms with E-state index in [1.165, 1.54) is 36.8 Å². The van der Waals surface area contributed by atoms with Crippen LogP contribution in [0, 0.1) is 0 Å². The summed E-state index contributed by atoms with van der Waals surface area (Å²) in [6.45, 7) is 7.86. The van der Waals surface area contributed by atoms with Crippen molar-refractivity contribution in [3.8, 4) is 0 Å². The van der Waals surface area contributed by atoms with Gasteiger partial charge in [0.1, 0.15) is 0 Å². The summed E-state index contributed by atoms with van der Waals surface area (Å²) in [4.78, 5) is 2.38. The Bertz CT molecular complexity index is 752. The SMILES string of the molecule is C=CN(Cc1ccccc1)C(CCCCCC)CC[Si](OC)(OC)OCCc1ccccc1. The average Bonchev–Trinajstić information content (AvgIpc) is 2.87. The van der Waals surface area contributed by atoms with Gasteiger partial charge in [-0.15, -0.1) is 0 Å². The molecule has 4 nitrogen and oxygen atoms in total. The Balaban J connectivity index is 2.01. The highest BCUT2D eigenvalue weighted by atomic mass is 28.4. The van der Waals surface area contributed by atoms with Gasteiger partial charge in [0.15, 0.2) is 0 Å². The number of benzene rings is 2. The van der Waals surface area contributed by atoms with E-state index in [9.17, 15) is 0 Å². The minimum atomic E-state index is -2.73. The molecular weight excluding hydrogens is 426 g/mol. The lowest BCUT2D eigenvalue weighted by molar-refractivity contribution is 0.0954. The Morgan fingerprint density at radius 3 is 2.09 bits per heavy atom. The van der Waals surface area contributed by atoms with Crippen LogP contribution in [-0.2, 0) is 26.2 Å². The molecule has 1 unspecified atom stereocenters. The monoisotopic (exact) mass is 469 g/mol. The van der Waals surface area contributed by atoms with Crippen LogP contribution >= 0.6 is 0 Å². The van der Waals surface area contributed by atoms with Crippen LogP contribution in [0.3, 0.4) is 0 Å². The fourth-order valence-corrected chi connectivity index (χ4v) is 6.26. The lowest BCUT2D eigenvalue weighted by Gasteiger charge is -2.34. The van der Waals surface area contributed by atoms with E-state index >= 15 is 0 Å². The quantitative estimate of drug-likeness (QED) is 0.176. The summed E-state index contributed by atoms with van der Waals surface area (Å²) in [5.74, 6) is 0. The van der Waals surface area contributed by atoms with Crippen molar-refractivity contribution in [1.82, 2.24) is 4.90 Å². The molecule has 0 saturated carbocycles. The van der Waals surface area contributed by atoms with E-state index in [-0.39, 0.29) is 0 Å². The molecule has 0 spiro atoms. The number of rotatable bonds is 18. The Kier molecular flexibility index (Phi) is 13.1. The maximum Gasteiger partial charge on any atom is 0.500 e. The molecule has 2 rings (SSSR count). The molecule has 1 atom stereocenters. The second-order valence-electron chi connectivity index (χ2n) is 8.56. The fraction of sp³-hybridized carbons (Fsp3) is 0.500. The zero-order valence-corrected chi connectivity index (χ0v) is 21.9. The molecule has 0 N–H and O–H groups in total. The summed E-state index contributed by atoms with van der Waals surface area (Å²) in [5, 5.41) is 0. The number of hydrogen-bond donors (Lipinski definition) is 0. The molecule has 0 aliphatic heterocycles. The van der Waals surface area contributed by atoms with Gasteiger partial charge in [0.25, 0.3) is 0 Å². The van der Waals surface area contributed by atoms with Gasteiger partial charge < -0.3 is 18.2 Å². The predicted molar refractivity (Wildman–Crippen MR) is 140 cm³/mol. The minimum Gasteiger partial charge on any atom is -0.377 e. The molecule has 0 amide bonds. The Morgan fingerprint density at radius 1 is 0.879 bits per heavy atom. The second kappa shape index (κ2) is 15.8. The zero-order valence-electron chi connectivity index (χ0n) is 20.9. The Hall–Kier alpha value is -1.92. The van der Waals surface area contributed by atoms with E-state index in [2.05, 4.69) is 73.0 Å². The predicted octanol–water partition coefficient (Wildman–Crippen LogP) is 6.85. The van der Waals surface area contributed by atoms with Crippen molar-refractivity contribution in [2.45, 2.75) is 70.5 Å².